The van der Waals surface area contributed by atoms with Crippen LogP contribution >= 0.6 is 15.9 Å². The Morgan fingerprint density at radius 2 is 0.944 bits per heavy atom. The van der Waals surface area contributed by atoms with E-state index in [-0.39, 0.29) is 10.8 Å². The van der Waals surface area contributed by atoms with Crippen molar-refractivity contribution in [1.82, 2.24) is 0 Å². The Hall–Kier alpha value is -9.42. The van der Waals surface area contributed by atoms with Crippen molar-refractivity contribution in [2.24, 2.45) is 11.8 Å². The van der Waals surface area contributed by atoms with Gasteiger partial charge in [0, 0.05) is 27.6 Å². The molecular formula is C86H66BBrO2. The quantitative estimate of drug-likeness (QED) is 0.136. The van der Waals surface area contributed by atoms with Gasteiger partial charge in [-0.15, -0.1) is 0 Å². The Labute approximate surface area is 535 Å². The third-order valence-electron chi connectivity index (χ3n) is 20.5. The molecule has 0 spiro atoms. The van der Waals surface area contributed by atoms with E-state index in [4.69, 9.17) is 0 Å². The monoisotopic (exact) mass is 1220 g/mol. The van der Waals surface area contributed by atoms with Crippen molar-refractivity contribution in [3.63, 3.8) is 0 Å². The van der Waals surface area contributed by atoms with Gasteiger partial charge in [0.25, 0.3) is 0 Å². The first-order valence-corrected chi connectivity index (χ1v) is 32.4. The minimum absolute atomic E-state index is 0.0152. The molecule has 13 aromatic rings. The fourth-order valence-corrected chi connectivity index (χ4v) is 16.2. The molecule has 4 atom stereocenters. The van der Waals surface area contributed by atoms with Crippen LogP contribution in [0.3, 0.4) is 0 Å². The Morgan fingerprint density at radius 3 is 1.66 bits per heavy atom. The maximum atomic E-state index is 9.65. The van der Waals surface area contributed by atoms with Gasteiger partial charge in [-0.05, 0) is 196 Å². The predicted molar refractivity (Wildman–Crippen MR) is 387 cm³/mol. The minimum atomic E-state index is -1.47. The van der Waals surface area contributed by atoms with Gasteiger partial charge in [0.05, 0.1) is 0 Å². The molecule has 90 heavy (non-hydrogen) atoms. The third-order valence-corrected chi connectivity index (χ3v) is 21.0. The summed E-state index contributed by atoms with van der Waals surface area (Å²) in [5, 5.41) is 33.7. The zero-order valence-corrected chi connectivity index (χ0v) is 52.5. The van der Waals surface area contributed by atoms with Crippen LogP contribution in [-0.2, 0) is 10.8 Å². The highest BCUT2D eigenvalue weighted by atomic mass is 79.9. The van der Waals surface area contributed by atoms with Crippen molar-refractivity contribution in [2.45, 2.75) is 50.4 Å². The second kappa shape index (κ2) is 22.0. The van der Waals surface area contributed by atoms with Gasteiger partial charge in [-0.3, -0.25) is 0 Å². The third kappa shape index (κ3) is 9.38. The van der Waals surface area contributed by atoms with Crippen LogP contribution in [0.5, 0.6) is 0 Å². The van der Waals surface area contributed by atoms with Gasteiger partial charge in [-0.25, -0.2) is 0 Å². The highest BCUT2D eigenvalue weighted by Gasteiger charge is 2.45. The molecule has 2 N–H and O–H groups in total. The predicted octanol–water partition coefficient (Wildman–Crippen LogP) is 21.6. The van der Waals surface area contributed by atoms with Crippen LogP contribution in [0, 0.1) is 11.8 Å². The second-order valence-electron chi connectivity index (χ2n) is 26.2. The van der Waals surface area contributed by atoms with Gasteiger partial charge in [0.1, 0.15) is 0 Å². The number of hydrogen-bond acceptors (Lipinski definition) is 2. The first kappa shape index (κ1) is 55.9. The summed E-state index contributed by atoms with van der Waals surface area (Å²) in [4.78, 5) is 0. The van der Waals surface area contributed by atoms with Gasteiger partial charge in [0.15, 0.2) is 0 Å². The van der Waals surface area contributed by atoms with Crippen LogP contribution in [0.2, 0.25) is 0 Å². The molecule has 0 heterocycles. The lowest BCUT2D eigenvalue weighted by atomic mass is 9.71. The summed E-state index contributed by atoms with van der Waals surface area (Å²) in [7, 11) is -1.47. The van der Waals surface area contributed by atoms with Crippen molar-refractivity contribution < 1.29 is 10.0 Å². The van der Waals surface area contributed by atoms with Crippen LogP contribution in [0.15, 0.2) is 290 Å². The van der Waals surface area contributed by atoms with Crippen LogP contribution in [0.4, 0.5) is 0 Å². The molecule has 0 aliphatic heterocycles. The van der Waals surface area contributed by atoms with Gasteiger partial charge < -0.3 is 10.0 Å². The summed E-state index contributed by atoms with van der Waals surface area (Å²) in [6.45, 7) is 9.55. The average Bonchev–Trinajstić information content (AvgIpc) is 1.43. The second-order valence-corrected chi connectivity index (χ2v) is 27.1. The molecule has 0 aromatic heterocycles. The normalized spacial score (nSPS) is 18.2. The smallest absolute Gasteiger partial charge is 0.423 e. The lowest BCUT2D eigenvalue weighted by Gasteiger charge is -2.32. The van der Waals surface area contributed by atoms with Crippen molar-refractivity contribution in [3.05, 3.63) is 329 Å². The van der Waals surface area contributed by atoms with Gasteiger partial charge in [0.2, 0.25) is 0 Å². The summed E-state index contributed by atoms with van der Waals surface area (Å²) in [5.74, 6) is 1.67. The Morgan fingerprint density at radius 1 is 0.400 bits per heavy atom. The van der Waals surface area contributed by atoms with Crippen molar-refractivity contribution in [2.75, 3.05) is 0 Å². The standard InChI is InChI=1S/C43H34.C25H19Br.C18H13BO2/c1-43(2)40-25-31(30-17-15-27-9-3-4-11-29(27)23-30)19-21-36(40)37-22-20-32(26-41(37)43)39-24-33-18-16-28-10-5-6-12-34(28)42(33)38-14-8-7-13-35(38)39;1-25(2)23-14-19(18-8-7-16-5-3-4-6-17(16)13-18)9-11-21(23)22-12-10-20(26)15-24(22)25;20-19(21)17-11-13-10-9-12-5-1-2-6-14(12)18(13)16-8-4-3-7-15(16)17/h3-26,28,34,37,41H,1-2H3;3-15H,1-2H3;1-11,20-21H. The van der Waals surface area contributed by atoms with Gasteiger partial charge in [-0.2, -0.15) is 0 Å². The maximum Gasteiger partial charge on any atom is 0.489 e. The Bertz CT molecular complexity index is 5280. The van der Waals surface area contributed by atoms with Gasteiger partial charge >= 0.3 is 7.12 Å². The number of halogens is 1. The molecule has 4 unspecified atom stereocenters. The van der Waals surface area contributed by atoms with E-state index in [0.29, 0.717) is 29.1 Å². The minimum Gasteiger partial charge on any atom is -0.423 e. The Kier molecular flexibility index (Phi) is 13.6. The molecule has 432 valence electrons. The molecule has 4 heteroatoms. The largest absolute Gasteiger partial charge is 0.489 e. The molecule has 5 aliphatic rings. The molecule has 0 saturated heterocycles. The summed E-state index contributed by atoms with van der Waals surface area (Å²) in [5.41, 5.74) is 19.8. The number of hydrogen-bond donors (Lipinski definition) is 2. The summed E-state index contributed by atoms with van der Waals surface area (Å²) < 4.78 is 1.15. The first-order chi connectivity index (χ1) is 43.8. The summed E-state index contributed by atoms with van der Waals surface area (Å²) in [6, 6.07) is 85.2. The Balaban J connectivity index is 0.000000117. The van der Waals surface area contributed by atoms with Crippen LogP contribution in [-0.4, -0.2) is 17.2 Å². The highest BCUT2D eigenvalue weighted by Crippen LogP contribution is 2.56. The van der Waals surface area contributed by atoms with E-state index in [1.165, 1.54) is 121 Å². The zero-order chi connectivity index (χ0) is 61.0. The number of benzene rings is 13. The fourth-order valence-electron chi connectivity index (χ4n) is 15.8. The van der Waals surface area contributed by atoms with Crippen LogP contribution in [0.25, 0.3) is 110 Å². The molecule has 18 rings (SSSR count). The van der Waals surface area contributed by atoms with E-state index in [0.717, 1.165) is 26.0 Å². The molecule has 0 radical (unpaired) electrons. The van der Waals surface area contributed by atoms with Crippen molar-refractivity contribution >= 4 is 105 Å². The number of fused-ring (bicyclic) bond motifs is 18. The van der Waals surface area contributed by atoms with E-state index in [9.17, 15) is 10.0 Å². The molecule has 0 fully saturated rings. The number of rotatable bonds is 4. The molecule has 13 aromatic carbocycles. The molecule has 5 aliphatic carbocycles. The molecule has 0 amide bonds. The molecule has 0 saturated carbocycles. The zero-order valence-electron chi connectivity index (χ0n) is 50.9. The van der Waals surface area contributed by atoms with Gasteiger partial charge in [-0.1, -0.05) is 298 Å². The van der Waals surface area contributed by atoms with Crippen LogP contribution in [0.1, 0.15) is 78.5 Å². The molecule has 0 bridgehead atoms. The van der Waals surface area contributed by atoms with Crippen molar-refractivity contribution in [1.29, 1.82) is 0 Å². The maximum absolute atomic E-state index is 9.65. The van der Waals surface area contributed by atoms with E-state index >= 15 is 0 Å². The lowest BCUT2D eigenvalue weighted by Crippen LogP contribution is -2.30. The summed E-state index contributed by atoms with van der Waals surface area (Å²) >= 11 is 3.64. The molecular weight excluding hydrogens is 1160 g/mol. The van der Waals surface area contributed by atoms with E-state index < -0.39 is 7.12 Å². The van der Waals surface area contributed by atoms with E-state index in [1.54, 1.807) is 0 Å². The van der Waals surface area contributed by atoms with Crippen molar-refractivity contribution in [3.8, 4) is 33.4 Å². The topological polar surface area (TPSA) is 40.5 Å². The number of allylic oxidation sites excluding steroid dienone is 9. The fraction of sp³-hybridized carbons (Fsp3) is 0.116. The average molecular weight is 1220 g/mol. The van der Waals surface area contributed by atoms with Crippen LogP contribution < -0.4 is 5.46 Å². The first-order valence-electron chi connectivity index (χ1n) is 31.6. The lowest BCUT2D eigenvalue weighted by molar-refractivity contribution is 0.395. The van der Waals surface area contributed by atoms with E-state index in [1.807, 2.05) is 48.5 Å². The van der Waals surface area contributed by atoms with E-state index in [2.05, 4.69) is 286 Å². The summed E-state index contributed by atoms with van der Waals surface area (Å²) in [6.07, 6.45) is 21.3. The SMILES string of the molecule is CC1(C)c2cc(-c3ccc4ccccc4c3)ccc2C2C=CC(c3cc4c(c5ccccc35)C3C=CC=CC3C=C4)=CC21.CC1(C)c2cc(Br)ccc2-c2ccc(-c3ccc4ccccc4c3)cc21.OB(O)c1cc2ccc3ccccc3c2c2ccccc12. The highest BCUT2D eigenvalue weighted by molar-refractivity contribution is 9.10. The molecule has 2 nitrogen and oxygen atoms in total.